The third kappa shape index (κ3) is 3.79. The smallest absolute Gasteiger partial charge is 0.243 e. The van der Waals surface area contributed by atoms with Crippen LogP contribution < -0.4 is 5.32 Å². The number of fused-ring (bicyclic) bond motifs is 1. The SMILES string of the molecule is CC(=O)Nc1ccc(S(=O)(=O)N2CCc3noc(-c4ccc(F)cc4)c3C2)cc1. The van der Waals surface area contributed by atoms with Gasteiger partial charge in [-0.1, -0.05) is 5.16 Å². The van der Waals surface area contributed by atoms with Gasteiger partial charge in [0.2, 0.25) is 15.9 Å². The van der Waals surface area contributed by atoms with Gasteiger partial charge >= 0.3 is 0 Å². The van der Waals surface area contributed by atoms with E-state index < -0.39 is 10.0 Å². The van der Waals surface area contributed by atoms with Crippen molar-refractivity contribution in [3.8, 4) is 11.3 Å². The molecule has 3 aromatic rings. The highest BCUT2D eigenvalue weighted by Crippen LogP contribution is 2.32. The normalized spacial score (nSPS) is 14.4. The van der Waals surface area contributed by atoms with E-state index >= 15 is 0 Å². The standard InChI is InChI=1S/C20H18FN3O4S/c1-13(25)22-16-6-8-17(9-7-16)29(26,27)24-11-10-19-18(12-24)20(28-23-19)14-2-4-15(21)5-3-14/h2-9H,10-12H2,1H3,(H,22,25). The number of hydrogen-bond acceptors (Lipinski definition) is 5. The molecule has 7 nitrogen and oxygen atoms in total. The second-order valence-corrected chi connectivity index (χ2v) is 8.68. The molecule has 1 aliphatic rings. The average molecular weight is 415 g/mol. The number of aromatic nitrogens is 1. The lowest BCUT2D eigenvalue weighted by atomic mass is 10.0. The number of halogens is 1. The van der Waals surface area contributed by atoms with Crippen LogP contribution in [-0.2, 0) is 27.8 Å². The van der Waals surface area contributed by atoms with Crippen LogP contribution >= 0.6 is 0 Å². The van der Waals surface area contributed by atoms with Crippen LogP contribution in [0.15, 0.2) is 57.9 Å². The molecule has 2 heterocycles. The van der Waals surface area contributed by atoms with Crippen LogP contribution in [-0.4, -0.2) is 30.3 Å². The Morgan fingerprint density at radius 3 is 2.48 bits per heavy atom. The molecule has 1 N–H and O–H groups in total. The fraction of sp³-hybridized carbons (Fsp3) is 0.200. The van der Waals surface area contributed by atoms with Crippen molar-refractivity contribution >= 4 is 21.6 Å². The van der Waals surface area contributed by atoms with E-state index in [-0.39, 0.29) is 29.7 Å². The van der Waals surface area contributed by atoms with Crippen LogP contribution in [0.25, 0.3) is 11.3 Å². The van der Waals surface area contributed by atoms with Crippen molar-refractivity contribution < 1.29 is 22.1 Å². The highest BCUT2D eigenvalue weighted by atomic mass is 32.2. The minimum Gasteiger partial charge on any atom is -0.356 e. The molecule has 29 heavy (non-hydrogen) atoms. The van der Waals surface area contributed by atoms with Gasteiger partial charge in [0.15, 0.2) is 5.76 Å². The predicted molar refractivity (Wildman–Crippen MR) is 104 cm³/mol. The molecule has 1 amide bonds. The lowest BCUT2D eigenvalue weighted by Gasteiger charge is -2.25. The monoisotopic (exact) mass is 415 g/mol. The maximum absolute atomic E-state index is 13.2. The number of benzene rings is 2. The second-order valence-electron chi connectivity index (χ2n) is 6.74. The van der Waals surface area contributed by atoms with E-state index in [2.05, 4.69) is 10.5 Å². The zero-order chi connectivity index (χ0) is 20.6. The molecule has 0 saturated carbocycles. The lowest BCUT2D eigenvalue weighted by molar-refractivity contribution is -0.114. The van der Waals surface area contributed by atoms with Gasteiger partial charge in [-0.25, -0.2) is 12.8 Å². The van der Waals surface area contributed by atoms with Crippen LogP contribution in [0.1, 0.15) is 18.2 Å². The summed E-state index contributed by atoms with van der Waals surface area (Å²) < 4.78 is 46.2. The van der Waals surface area contributed by atoms with Crippen LogP contribution in [0.3, 0.4) is 0 Å². The maximum Gasteiger partial charge on any atom is 0.243 e. The number of carbonyl (C=O) groups is 1. The zero-order valence-corrected chi connectivity index (χ0v) is 16.4. The topological polar surface area (TPSA) is 92.5 Å². The first-order chi connectivity index (χ1) is 13.8. The Balaban J connectivity index is 1.61. The summed E-state index contributed by atoms with van der Waals surface area (Å²) in [5.41, 5.74) is 2.55. The highest BCUT2D eigenvalue weighted by Gasteiger charge is 2.32. The molecule has 0 radical (unpaired) electrons. The van der Waals surface area contributed by atoms with Crippen molar-refractivity contribution in [3.63, 3.8) is 0 Å². The fourth-order valence-corrected chi connectivity index (χ4v) is 4.69. The molecule has 0 saturated heterocycles. The van der Waals surface area contributed by atoms with Crippen LogP contribution in [0.5, 0.6) is 0 Å². The highest BCUT2D eigenvalue weighted by molar-refractivity contribution is 7.89. The van der Waals surface area contributed by atoms with Gasteiger partial charge in [0, 0.05) is 43.2 Å². The van der Waals surface area contributed by atoms with Gasteiger partial charge in [-0.15, -0.1) is 0 Å². The number of nitrogens with one attached hydrogen (secondary N) is 1. The first-order valence-corrected chi connectivity index (χ1v) is 10.4. The van der Waals surface area contributed by atoms with E-state index in [0.29, 0.717) is 34.7 Å². The Morgan fingerprint density at radius 2 is 1.83 bits per heavy atom. The largest absolute Gasteiger partial charge is 0.356 e. The van der Waals surface area contributed by atoms with Gasteiger partial charge in [0.25, 0.3) is 0 Å². The Bertz CT molecular complexity index is 1160. The van der Waals surface area contributed by atoms with Gasteiger partial charge in [-0.05, 0) is 48.5 Å². The number of sulfonamides is 1. The van der Waals surface area contributed by atoms with E-state index in [1.807, 2.05) is 0 Å². The lowest BCUT2D eigenvalue weighted by Crippen LogP contribution is -2.35. The summed E-state index contributed by atoms with van der Waals surface area (Å²) in [7, 11) is -3.74. The summed E-state index contributed by atoms with van der Waals surface area (Å²) in [5, 5.41) is 6.66. The summed E-state index contributed by atoms with van der Waals surface area (Å²) in [6.07, 6.45) is 0.420. The molecule has 150 valence electrons. The summed E-state index contributed by atoms with van der Waals surface area (Å²) >= 11 is 0. The fourth-order valence-electron chi connectivity index (χ4n) is 3.28. The van der Waals surface area contributed by atoms with Crippen LogP contribution in [0.2, 0.25) is 0 Å². The Kier molecular flexibility index (Phi) is 4.93. The number of rotatable bonds is 4. The van der Waals surface area contributed by atoms with Crippen molar-refractivity contribution in [3.05, 3.63) is 65.6 Å². The molecule has 1 aliphatic heterocycles. The van der Waals surface area contributed by atoms with E-state index in [0.717, 1.165) is 0 Å². The van der Waals surface area contributed by atoms with Crippen molar-refractivity contribution in [2.75, 3.05) is 11.9 Å². The van der Waals surface area contributed by atoms with Crippen molar-refractivity contribution in [2.45, 2.75) is 24.8 Å². The Labute approximate surface area is 167 Å². The third-order valence-electron chi connectivity index (χ3n) is 4.72. The molecular formula is C20H18FN3O4S. The van der Waals surface area contributed by atoms with Crippen LogP contribution in [0.4, 0.5) is 10.1 Å². The average Bonchev–Trinajstić information content (AvgIpc) is 3.12. The molecule has 9 heteroatoms. The molecule has 0 atom stereocenters. The third-order valence-corrected chi connectivity index (χ3v) is 6.58. The van der Waals surface area contributed by atoms with E-state index in [9.17, 15) is 17.6 Å². The summed E-state index contributed by atoms with van der Waals surface area (Å²) in [5.74, 6) is -0.153. The van der Waals surface area contributed by atoms with Crippen molar-refractivity contribution in [2.24, 2.45) is 0 Å². The number of nitrogens with zero attached hydrogens (tertiary/aromatic N) is 2. The van der Waals surface area contributed by atoms with E-state index in [4.69, 9.17) is 4.52 Å². The zero-order valence-electron chi connectivity index (χ0n) is 15.6. The molecule has 0 fully saturated rings. The molecule has 0 aliphatic carbocycles. The molecule has 0 unspecified atom stereocenters. The number of amides is 1. The summed E-state index contributed by atoms with van der Waals surface area (Å²) in [6, 6.07) is 11.8. The minimum atomic E-state index is -3.74. The Hall–Kier alpha value is -3.04. The van der Waals surface area contributed by atoms with Crippen LogP contribution in [0, 0.1) is 5.82 Å². The van der Waals surface area contributed by atoms with Gasteiger partial charge in [-0.3, -0.25) is 4.79 Å². The van der Waals surface area contributed by atoms with Crippen molar-refractivity contribution in [1.29, 1.82) is 0 Å². The molecule has 1 aromatic heterocycles. The number of hydrogen-bond donors (Lipinski definition) is 1. The predicted octanol–water partition coefficient (Wildman–Crippen LogP) is 3.19. The summed E-state index contributed by atoms with van der Waals surface area (Å²) in [4.78, 5) is 11.3. The summed E-state index contributed by atoms with van der Waals surface area (Å²) in [6.45, 7) is 1.77. The van der Waals surface area contributed by atoms with Gasteiger partial charge in [0.05, 0.1) is 10.6 Å². The van der Waals surface area contributed by atoms with E-state index in [1.165, 1.54) is 35.5 Å². The van der Waals surface area contributed by atoms with Gasteiger partial charge < -0.3 is 9.84 Å². The maximum atomic E-state index is 13.2. The van der Waals surface area contributed by atoms with Gasteiger partial charge in [0.1, 0.15) is 5.82 Å². The molecule has 4 rings (SSSR count). The van der Waals surface area contributed by atoms with Gasteiger partial charge in [-0.2, -0.15) is 4.31 Å². The number of carbonyl (C=O) groups excluding carboxylic acids is 1. The molecule has 0 spiro atoms. The second kappa shape index (κ2) is 7.41. The molecular weight excluding hydrogens is 397 g/mol. The molecule has 0 bridgehead atoms. The quantitative estimate of drug-likeness (QED) is 0.707. The van der Waals surface area contributed by atoms with E-state index in [1.54, 1.807) is 24.3 Å². The first-order valence-electron chi connectivity index (χ1n) is 8.96. The minimum absolute atomic E-state index is 0.112. The Morgan fingerprint density at radius 1 is 1.14 bits per heavy atom. The number of anilines is 1. The molecule has 2 aromatic carbocycles. The van der Waals surface area contributed by atoms with Crippen molar-refractivity contribution in [1.82, 2.24) is 9.46 Å². The first kappa shape index (κ1) is 19.3.